The maximum absolute atomic E-state index is 13.1. The Bertz CT molecular complexity index is 1380. The Morgan fingerprint density at radius 1 is 0.972 bits per heavy atom. The molecular weight excluding hydrogens is 575 g/mol. The summed E-state index contributed by atoms with van der Waals surface area (Å²) in [6, 6.07) is 17.6. The van der Waals surface area contributed by atoms with Crippen molar-refractivity contribution in [1.29, 1.82) is 0 Å². The van der Waals surface area contributed by atoms with E-state index in [-0.39, 0.29) is 17.1 Å². The Labute approximate surface area is 221 Å². The largest absolute Gasteiger partial charge is 0.490 e. The molecular formula is C27H21IN2O6. The van der Waals surface area contributed by atoms with Gasteiger partial charge in [-0.05, 0) is 96.6 Å². The van der Waals surface area contributed by atoms with Gasteiger partial charge in [0.2, 0.25) is 0 Å². The molecule has 1 fully saturated rings. The normalized spacial score (nSPS) is 14.6. The van der Waals surface area contributed by atoms with Crippen LogP contribution in [-0.4, -0.2) is 30.4 Å². The third-order valence-corrected chi connectivity index (χ3v) is 5.97. The lowest BCUT2D eigenvalue weighted by molar-refractivity contribution is -0.122. The monoisotopic (exact) mass is 596 g/mol. The van der Waals surface area contributed by atoms with Crippen LogP contribution in [0.4, 0.5) is 10.5 Å². The van der Waals surface area contributed by atoms with Gasteiger partial charge in [-0.1, -0.05) is 23.8 Å². The number of barbiturate groups is 1. The molecule has 0 saturated carbocycles. The van der Waals surface area contributed by atoms with E-state index in [1.807, 2.05) is 19.1 Å². The summed E-state index contributed by atoms with van der Waals surface area (Å²) in [5, 5.41) is 2.20. The minimum atomic E-state index is -0.822. The number of hydrogen-bond acceptors (Lipinski definition) is 6. The number of nitrogens with zero attached hydrogens (tertiary/aromatic N) is 1. The number of imide groups is 2. The van der Waals surface area contributed by atoms with Crippen molar-refractivity contribution in [1.82, 2.24) is 5.32 Å². The molecule has 1 aliphatic rings. The average Bonchev–Trinajstić information content (AvgIpc) is 2.85. The highest BCUT2D eigenvalue weighted by Crippen LogP contribution is 2.31. The minimum absolute atomic E-state index is 0.194. The summed E-state index contributed by atoms with van der Waals surface area (Å²) in [5.41, 5.74) is 1.97. The first-order chi connectivity index (χ1) is 17.3. The second-order valence-corrected chi connectivity index (χ2v) is 9.07. The number of benzene rings is 3. The van der Waals surface area contributed by atoms with Gasteiger partial charge in [0.1, 0.15) is 5.57 Å². The van der Waals surface area contributed by atoms with Gasteiger partial charge in [0.15, 0.2) is 11.5 Å². The van der Waals surface area contributed by atoms with E-state index in [0.717, 1.165) is 14.0 Å². The van der Waals surface area contributed by atoms with Crippen molar-refractivity contribution < 1.29 is 28.7 Å². The van der Waals surface area contributed by atoms with Gasteiger partial charge in [0, 0.05) is 3.57 Å². The Morgan fingerprint density at radius 3 is 2.33 bits per heavy atom. The topological polar surface area (TPSA) is 102 Å². The first-order valence-electron chi connectivity index (χ1n) is 11.0. The van der Waals surface area contributed by atoms with Crippen molar-refractivity contribution >= 4 is 58.2 Å². The van der Waals surface area contributed by atoms with E-state index in [2.05, 4.69) is 27.9 Å². The molecule has 4 rings (SSSR count). The van der Waals surface area contributed by atoms with Gasteiger partial charge in [0.05, 0.1) is 17.9 Å². The molecule has 36 heavy (non-hydrogen) atoms. The molecule has 4 amide bonds. The van der Waals surface area contributed by atoms with Gasteiger partial charge in [-0.3, -0.25) is 14.9 Å². The number of carbonyl (C=O) groups excluding carboxylic acids is 4. The Balaban J connectivity index is 1.63. The average molecular weight is 596 g/mol. The van der Waals surface area contributed by atoms with Crippen LogP contribution >= 0.6 is 22.6 Å². The number of amides is 4. The van der Waals surface area contributed by atoms with Crippen LogP contribution in [0, 0.1) is 10.5 Å². The van der Waals surface area contributed by atoms with Gasteiger partial charge in [0.25, 0.3) is 11.8 Å². The van der Waals surface area contributed by atoms with Crippen LogP contribution in [0.15, 0.2) is 72.3 Å². The maximum atomic E-state index is 13.1. The van der Waals surface area contributed by atoms with Gasteiger partial charge in [-0.15, -0.1) is 0 Å². The zero-order valence-electron chi connectivity index (χ0n) is 19.4. The van der Waals surface area contributed by atoms with E-state index in [4.69, 9.17) is 9.47 Å². The second kappa shape index (κ2) is 10.7. The van der Waals surface area contributed by atoms with E-state index < -0.39 is 23.8 Å². The van der Waals surface area contributed by atoms with Gasteiger partial charge >= 0.3 is 12.0 Å². The highest BCUT2D eigenvalue weighted by Gasteiger charge is 2.36. The number of hydrogen-bond donors (Lipinski definition) is 1. The fraction of sp³-hybridized carbons (Fsp3) is 0.111. The van der Waals surface area contributed by atoms with Gasteiger partial charge in [-0.2, -0.15) is 0 Å². The molecule has 0 atom stereocenters. The Hall–Kier alpha value is -3.99. The number of carbonyl (C=O) groups is 4. The van der Waals surface area contributed by atoms with Crippen LogP contribution in [-0.2, 0) is 9.59 Å². The minimum Gasteiger partial charge on any atom is -0.490 e. The van der Waals surface area contributed by atoms with Crippen LogP contribution in [0.2, 0.25) is 0 Å². The van der Waals surface area contributed by atoms with Crippen LogP contribution in [0.3, 0.4) is 0 Å². The molecule has 1 aliphatic heterocycles. The van der Waals surface area contributed by atoms with Crippen LogP contribution in [0.25, 0.3) is 6.08 Å². The lowest BCUT2D eigenvalue weighted by atomic mass is 10.1. The molecule has 9 heteroatoms. The van der Waals surface area contributed by atoms with Crippen LogP contribution in [0.1, 0.15) is 28.4 Å². The molecule has 0 radical (unpaired) electrons. The zero-order valence-corrected chi connectivity index (χ0v) is 21.6. The predicted octanol–water partition coefficient (Wildman–Crippen LogP) is 4.88. The zero-order chi connectivity index (χ0) is 25.8. The number of halogens is 1. The van der Waals surface area contributed by atoms with Crippen molar-refractivity contribution in [2.75, 3.05) is 11.5 Å². The van der Waals surface area contributed by atoms with Crippen molar-refractivity contribution in [2.45, 2.75) is 13.8 Å². The third kappa shape index (κ3) is 5.46. The summed E-state index contributed by atoms with van der Waals surface area (Å²) in [6.45, 7) is 3.99. The molecule has 8 nitrogen and oxygen atoms in total. The van der Waals surface area contributed by atoms with E-state index in [9.17, 15) is 19.2 Å². The molecule has 0 unspecified atom stereocenters. The Morgan fingerprint density at radius 2 is 1.67 bits per heavy atom. The molecule has 1 N–H and O–H groups in total. The summed E-state index contributed by atoms with van der Waals surface area (Å²) >= 11 is 2.11. The summed E-state index contributed by atoms with van der Waals surface area (Å²) in [6.07, 6.45) is 1.36. The summed E-state index contributed by atoms with van der Waals surface area (Å²) in [5.74, 6) is -1.64. The number of nitrogens with one attached hydrogen (secondary N) is 1. The third-order valence-electron chi connectivity index (χ3n) is 5.26. The second-order valence-electron chi connectivity index (χ2n) is 7.83. The first kappa shape index (κ1) is 25.1. The van der Waals surface area contributed by atoms with Crippen molar-refractivity contribution in [3.8, 4) is 11.5 Å². The summed E-state index contributed by atoms with van der Waals surface area (Å²) in [4.78, 5) is 51.5. The molecule has 0 aliphatic carbocycles. The van der Waals surface area contributed by atoms with Crippen LogP contribution < -0.4 is 19.7 Å². The molecule has 3 aromatic rings. The van der Waals surface area contributed by atoms with E-state index in [1.54, 1.807) is 55.5 Å². The SMILES string of the molecule is CCOc1cc(/C=C2\C(=O)NC(=O)N(c3ccc(I)cc3)C2=O)ccc1OC(=O)c1ccc(C)cc1. The molecule has 0 aromatic heterocycles. The number of urea groups is 1. The molecule has 3 aromatic carbocycles. The fourth-order valence-electron chi connectivity index (χ4n) is 3.46. The highest BCUT2D eigenvalue weighted by atomic mass is 127. The van der Waals surface area contributed by atoms with E-state index in [0.29, 0.717) is 23.4 Å². The number of anilines is 1. The molecule has 0 spiro atoms. The summed E-state index contributed by atoms with van der Waals surface area (Å²) in [7, 11) is 0. The smallest absolute Gasteiger partial charge is 0.343 e. The van der Waals surface area contributed by atoms with Crippen molar-refractivity contribution in [3.63, 3.8) is 0 Å². The van der Waals surface area contributed by atoms with Gasteiger partial charge in [-0.25, -0.2) is 14.5 Å². The fourth-order valence-corrected chi connectivity index (χ4v) is 3.82. The van der Waals surface area contributed by atoms with Gasteiger partial charge < -0.3 is 9.47 Å². The predicted molar refractivity (Wildman–Crippen MR) is 142 cm³/mol. The first-order valence-corrected chi connectivity index (χ1v) is 12.1. The summed E-state index contributed by atoms with van der Waals surface area (Å²) < 4.78 is 12.1. The maximum Gasteiger partial charge on any atom is 0.343 e. The highest BCUT2D eigenvalue weighted by molar-refractivity contribution is 14.1. The molecule has 182 valence electrons. The Kier molecular flexibility index (Phi) is 7.49. The standard InChI is InChI=1S/C27H21IN2O6/c1-3-35-23-15-17(6-13-22(23)36-26(33)18-7-4-16(2)5-8-18)14-21-24(31)29-27(34)30(25(21)32)20-11-9-19(28)10-12-20/h4-15H,3H2,1-2H3,(H,29,31,34)/b21-14+. The quantitative estimate of drug-likeness (QED) is 0.143. The molecule has 1 saturated heterocycles. The number of esters is 1. The number of aryl methyl sites for hydroxylation is 1. The molecule has 0 bridgehead atoms. The van der Waals surface area contributed by atoms with E-state index in [1.165, 1.54) is 12.1 Å². The number of rotatable bonds is 6. The van der Waals surface area contributed by atoms with Crippen molar-refractivity contribution in [2.24, 2.45) is 0 Å². The molecule has 1 heterocycles. The van der Waals surface area contributed by atoms with E-state index >= 15 is 0 Å². The lowest BCUT2D eigenvalue weighted by Crippen LogP contribution is -2.54. The van der Waals surface area contributed by atoms with Crippen molar-refractivity contribution in [3.05, 3.63) is 92.6 Å². The van der Waals surface area contributed by atoms with Crippen LogP contribution in [0.5, 0.6) is 11.5 Å². The number of ether oxygens (including phenoxy) is 2. The lowest BCUT2D eigenvalue weighted by Gasteiger charge is -2.26.